The lowest BCUT2D eigenvalue weighted by Crippen LogP contribution is -2.33. The SMILES string of the molecule is O=C(O)CC/C=C\CC[C@H]1[C@@H](OC2CCCCO2)CO[C@@H]1/C=C/C(=O)COc1cccc(Cl)c1. The van der Waals surface area contributed by atoms with Crippen LogP contribution in [0.1, 0.15) is 44.9 Å². The van der Waals surface area contributed by atoms with E-state index in [4.69, 9.17) is 35.7 Å². The summed E-state index contributed by atoms with van der Waals surface area (Å²) in [6.45, 7) is 1.06. The Morgan fingerprint density at radius 2 is 2.03 bits per heavy atom. The number of ketones is 1. The van der Waals surface area contributed by atoms with Crippen LogP contribution < -0.4 is 4.74 Å². The highest BCUT2D eigenvalue weighted by Gasteiger charge is 2.38. The average Bonchev–Trinajstić information content (AvgIpc) is 3.20. The van der Waals surface area contributed by atoms with Crippen LogP contribution in [0.15, 0.2) is 48.6 Å². The zero-order chi connectivity index (χ0) is 24.2. The molecule has 0 bridgehead atoms. The number of halogens is 1. The Morgan fingerprint density at radius 3 is 2.79 bits per heavy atom. The zero-order valence-electron chi connectivity index (χ0n) is 19.3. The van der Waals surface area contributed by atoms with Gasteiger partial charge in [-0.2, -0.15) is 0 Å². The van der Waals surface area contributed by atoms with Crippen LogP contribution in [0, 0.1) is 5.92 Å². The summed E-state index contributed by atoms with van der Waals surface area (Å²) in [5, 5.41) is 9.31. The molecule has 0 spiro atoms. The van der Waals surface area contributed by atoms with Crippen molar-refractivity contribution >= 4 is 23.4 Å². The summed E-state index contributed by atoms with van der Waals surface area (Å²) in [5.41, 5.74) is 0. The summed E-state index contributed by atoms with van der Waals surface area (Å²) in [6, 6.07) is 6.92. The van der Waals surface area contributed by atoms with Crippen LogP contribution in [0.5, 0.6) is 5.75 Å². The number of carboxylic acid groups (broad SMARTS) is 1. The van der Waals surface area contributed by atoms with Crippen molar-refractivity contribution in [2.45, 2.75) is 63.4 Å². The molecule has 2 saturated heterocycles. The van der Waals surface area contributed by atoms with Gasteiger partial charge in [0.05, 0.1) is 18.8 Å². The first kappa shape index (κ1) is 26.4. The average molecular weight is 493 g/mol. The number of carbonyl (C=O) groups excluding carboxylic acids is 1. The summed E-state index contributed by atoms with van der Waals surface area (Å²) in [6.07, 6.45) is 11.8. The van der Waals surface area contributed by atoms with E-state index in [0.717, 1.165) is 32.1 Å². The van der Waals surface area contributed by atoms with E-state index in [1.54, 1.807) is 30.3 Å². The summed E-state index contributed by atoms with van der Waals surface area (Å²) < 4.78 is 23.5. The number of carboxylic acids is 1. The van der Waals surface area contributed by atoms with Gasteiger partial charge >= 0.3 is 5.97 Å². The van der Waals surface area contributed by atoms with Crippen molar-refractivity contribution in [1.82, 2.24) is 0 Å². The molecule has 3 rings (SSSR count). The second kappa shape index (κ2) is 14.3. The molecule has 7 nitrogen and oxygen atoms in total. The van der Waals surface area contributed by atoms with Crippen molar-refractivity contribution < 1.29 is 33.6 Å². The Bertz CT molecular complexity index is 847. The first-order valence-electron chi connectivity index (χ1n) is 11.9. The Morgan fingerprint density at radius 1 is 1.18 bits per heavy atom. The molecule has 1 N–H and O–H groups in total. The van der Waals surface area contributed by atoms with Crippen molar-refractivity contribution in [3.05, 3.63) is 53.6 Å². The number of benzene rings is 1. The number of hydrogen-bond donors (Lipinski definition) is 1. The van der Waals surface area contributed by atoms with E-state index >= 15 is 0 Å². The predicted molar refractivity (Wildman–Crippen MR) is 128 cm³/mol. The number of aliphatic carboxylic acids is 1. The van der Waals surface area contributed by atoms with E-state index in [0.29, 0.717) is 30.4 Å². The lowest BCUT2D eigenvalue weighted by molar-refractivity contribution is -0.194. The largest absolute Gasteiger partial charge is 0.485 e. The maximum atomic E-state index is 12.3. The molecule has 0 aromatic heterocycles. The standard InChI is InChI=1S/C26H33ClO7/c27-19-8-7-9-21(16-19)32-17-20(28)13-14-23-22(10-3-1-2-4-11-25(29)30)24(18-33-23)34-26-12-5-6-15-31-26/h1-2,7-9,13-14,16,22-24,26H,3-6,10-12,15,17-18H2,(H,29,30)/b2-1-,14-13+/t22-,23-,24+,26?/m1/s1. The smallest absolute Gasteiger partial charge is 0.303 e. The number of carbonyl (C=O) groups is 2. The lowest BCUT2D eigenvalue weighted by Gasteiger charge is -2.28. The van der Waals surface area contributed by atoms with Gasteiger partial charge in [0, 0.05) is 24.0 Å². The van der Waals surface area contributed by atoms with Crippen molar-refractivity contribution in [3.8, 4) is 5.75 Å². The number of hydrogen-bond acceptors (Lipinski definition) is 6. The number of rotatable bonds is 13. The van der Waals surface area contributed by atoms with Gasteiger partial charge in [-0.25, -0.2) is 0 Å². The molecule has 1 unspecified atom stereocenters. The van der Waals surface area contributed by atoms with Gasteiger partial charge in [0.25, 0.3) is 0 Å². The van der Waals surface area contributed by atoms with Crippen molar-refractivity contribution in [2.75, 3.05) is 19.8 Å². The van der Waals surface area contributed by atoms with Gasteiger partial charge < -0.3 is 24.1 Å². The minimum atomic E-state index is -0.802. The second-order valence-corrected chi connectivity index (χ2v) is 8.92. The normalized spacial score (nSPS) is 25.2. The lowest BCUT2D eigenvalue weighted by atomic mass is 9.92. The number of ether oxygens (including phenoxy) is 4. The molecule has 0 saturated carbocycles. The zero-order valence-corrected chi connectivity index (χ0v) is 20.0. The quantitative estimate of drug-likeness (QED) is 0.307. The fraction of sp³-hybridized carbons (Fsp3) is 0.538. The highest BCUT2D eigenvalue weighted by atomic mass is 35.5. The van der Waals surface area contributed by atoms with Crippen molar-refractivity contribution in [1.29, 1.82) is 0 Å². The molecule has 34 heavy (non-hydrogen) atoms. The summed E-state index contributed by atoms with van der Waals surface area (Å²) in [7, 11) is 0. The van der Waals surface area contributed by atoms with Gasteiger partial charge in [0.1, 0.15) is 5.75 Å². The van der Waals surface area contributed by atoms with Crippen LogP contribution >= 0.6 is 11.6 Å². The van der Waals surface area contributed by atoms with E-state index in [9.17, 15) is 9.59 Å². The maximum Gasteiger partial charge on any atom is 0.303 e. The Balaban J connectivity index is 1.53. The Labute approximate surface area is 205 Å². The van der Waals surface area contributed by atoms with E-state index < -0.39 is 5.97 Å². The van der Waals surface area contributed by atoms with Crippen LogP contribution in [0.2, 0.25) is 5.02 Å². The minimum Gasteiger partial charge on any atom is -0.485 e. The molecule has 0 aliphatic carbocycles. The molecule has 2 heterocycles. The molecule has 1 aromatic rings. The molecule has 4 atom stereocenters. The minimum absolute atomic E-state index is 0.0625. The van der Waals surface area contributed by atoms with Gasteiger partial charge in [0.15, 0.2) is 18.7 Å². The van der Waals surface area contributed by atoms with Gasteiger partial charge in [-0.3, -0.25) is 9.59 Å². The monoisotopic (exact) mass is 492 g/mol. The van der Waals surface area contributed by atoms with Gasteiger partial charge in [-0.05, 0) is 62.8 Å². The second-order valence-electron chi connectivity index (χ2n) is 8.49. The predicted octanol–water partition coefficient (Wildman–Crippen LogP) is 4.97. The highest BCUT2D eigenvalue weighted by molar-refractivity contribution is 6.30. The van der Waals surface area contributed by atoms with Crippen molar-refractivity contribution in [3.63, 3.8) is 0 Å². The molecule has 1 aromatic carbocycles. The third-order valence-electron chi connectivity index (χ3n) is 5.82. The van der Waals surface area contributed by atoms with Gasteiger partial charge in [-0.1, -0.05) is 35.9 Å². The molecule has 2 fully saturated rings. The maximum absolute atomic E-state index is 12.3. The Kier molecular flexibility index (Phi) is 11.1. The van der Waals surface area contributed by atoms with Gasteiger partial charge in [-0.15, -0.1) is 0 Å². The Hall–Kier alpha value is -2.19. The van der Waals surface area contributed by atoms with E-state index in [2.05, 4.69) is 0 Å². The molecule has 2 aliphatic rings. The van der Waals surface area contributed by atoms with Crippen LogP contribution in [-0.4, -0.2) is 55.2 Å². The van der Waals surface area contributed by atoms with Gasteiger partial charge in [0.2, 0.25) is 0 Å². The fourth-order valence-electron chi connectivity index (χ4n) is 4.06. The molecule has 0 radical (unpaired) electrons. The van der Waals surface area contributed by atoms with E-state index in [1.165, 1.54) is 6.08 Å². The highest BCUT2D eigenvalue weighted by Crippen LogP contribution is 2.31. The first-order chi connectivity index (χ1) is 16.5. The number of allylic oxidation sites excluding steroid dienone is 2. The molecule has 8 heteroatoms. The fourth-order valence-corrected chi connectivity index (χ4v) is 4.24. The van der Waals surface area contributed by atoms with Crippen LogP contribution in [0.4, 0.5) is 0 Å². The molecule has 2 aliphatic heterocycles. The molecular weight excluding hydrogens is 460 g/mol. The molecule has 186 valence electrons. The summed E-state index contributed by atoms with van der Waals surface area (Å²) >= 11 is 5.94. The van der Waals surface area contributed by atoms with Crippen LogP contribution in [0.3, 0.4) is 0 Å². The summed E-state index contributed by atoms with van der Waals surface area (Å²) in [4.78, 5) is 23.0. The van der Waals surface area contributed by atoms with E-state index in [1.807, 2.05) is 12.2 Å². The first-order valence-corrected chi connectivity index (χ1v) is 12.2. The van der Waals surface area contributed by atoms with Crippen LogP contribution in [-0.2, 0) is 23.8 Å². The van der Waals surface area contributed by atoms with Crippen molar-refractivity contribution in [2.24, 2.45) is 5.92 Å². The molecule has 0 amide bonds. The third-order valence-corrected chi connectivity index (χ3v) is 6.06. The van der Waals surface area contributed by atoms with Crippen LogP contribution in [0.25, 0.3) is 0 Å². The third kappa shape index (κ3) is 9.22. The topological polar surface area (TPSA) is 91.3 Å². The summed E-state index contributed by atoms with van der Waals surface area (Å²) in [5.74, 6) is -0.368. The van der Waals surface area contributed by atoms with E-state index in [-0.39, 0.29) is 43.2 Å². The molecular formula is C26H33ClO7.